The Kier molecular flexibility index (Phi) is 5.03. The van der Waals surface area contributed by atoms with Gasteiger partial charge in [0.05, 0.1) is 0 Å². The molecule has 1 aromatic rings. The molecule has 1 saturated heterocycles. The standard InChI is InChI=1S/C17H24N2O4/c1-18-7-4-16(20)19-11-17(5-8-21-9-6-17)13-2-3-14-15(10-13)23-12-22-14/h2-3,10,18H,4-9,11-12H2,1H3,(H,19,20). The third-order valence-corrected chi connectivity index (χ3v) is 4.66. The molecule has 0 aliphatic carbocycles. The summed E-state index contributed by atoms with van der Waals surface area (Å²) in [5, 5.41) is 6.08. The van der Waals surface area contributed by atoms with Crippen molar-refractivity contribution >= 4 is 5.91 Å². The lowest BCUT2D eigenvalue weighted by atomic mass is 9.74. The van der Waals surface area contributed by atoms with Gasteiger partial charge in [-0.2, -0.15) is 0 Å². The van der Waals surface area contributed by atoms with Crippen molar-refractivity contribution in [3.05, 3.63) is 23.8 Å². The Balaban J connectivity index is 1.75. The fraction of sp³-hybridized carbons (Fsp3) is 0.588. The van der Waals surface area contributed by atoms with Crippen LogP contribution in [-0.4, -0.2) is 46.1 Å². The Morgan fingerprint density at radius 3 is 2.78 bits per heavy atom. The Morgan fingerprint density at radius 2 is 2.00 bits per heavy atom. The molecule has 0 spiro atoms. The first kappa shape index (κ1) is 16.1. The average Bonchev–Trinajstić information content (AvgIpc) is 3.06. The summed E-state index contributed by atoms with van der Waals surface area (Å²) >= 11 is 0. The van der Waals surface area contributed by atoms with Gasteiger partial charge in [-0.1, -0.05) is 6.07 Å². The zero-order valence-corrected chi connectivity index (χ0v) is 13.5. The van der Waals surface area contributed by atoms with Crippen LogP contribution in [0.15, 0.2) is 18.2 Å². The van der Waals surface area contributed by atoms with Crippen LogP contribution in [0.4, 0.5) is 0 Å². The van der Waals surface area contributed by atoms with E-state index >= 15 is 0 Å². The van der Waals surface area contributed by atoms with Gasteiger partial charge in [0.2, 0.25) is 12.7 Å². The lowest BCUT2D eigenvalue weighted by Crippen LogP contribution is -2.45. The molecule has 2 aliphatic rings. The molecule has 2 N–H and O–H groups in total. The van der Waals surface area contributed by atoms with Crippen molar-refractivity contribution in [1.82, 2.24) is 10.6 Å². The van der Waals surface area contributed by atoms with Crippen molar-refractivity contribution in [1.29, 1.82) is 0 Å². The average molecular weight is 320 g/mol. The van der Waals surface area contributed by atoms with Gasteiger partial charge < -0.3 is 24.8 Å². The Bertz CT molecular complexity index is 556. The number of nitrogens with one attached hydrogen (secondary N) is 2. The van der Waals surface area contributed by atoms with Crippen molar-refractivity contribution in [3.8, 4) is 11.5 Å². The zero-order chi connectivity index (χ0) is 16.1. The number of amides is 1. The number of carbonyl (C=O) groups excluding carboxylic acids is 1. The number of hydrogen-bond donors (Lipinski definition) is 2. The minimum Gasteiger partial charge on any atom is -0.454 e. The fourth-order valence-corrected chi connectivity index (χ4v) is 3.15. The van der Waals surface area contributed by atoms with E-state index in [0.717, 1.165) is 24.3 Å². The molecule has 0 radical (unpaired) electrons. The number of hydrogen-bond acceptors (Lipinski definition) is 5. The van der Waals surface area contributed by atoms with E-state index in [1.807, 2.05) is 19.2 Å². The maximum absolute atomic E-state index is 12.0. The Hall–Kier alpha value is -1.79. The van der Waals surface area contributed by atoms with Gasteiger partial charge in [0.15, 0.2) is 11.5 Å². The van der Waals surface area contributed by atoms with Crippen LogP contribution in [0.1, 0.15) is 24.8 Å². The van der Waals surface area contributed by atoms with Crippen LogP contribution in [0.3, 0.4) is 0 Å². The highest BCUT2D eigenvalue weighted by Crippen LogP contribution is 2.40. The molecule has 0 aromatic heterocycles. The van der Waals surface area contributed by atoms with Crippen LogP contribution in [-0.2, 0) is 14.9 Å². The lowest BCUT2D eigenvalue weighted by Gasteiger charge is -2.38. The van der Waals surface area contributed by atoms with Crippen molar-refractivity contribution in [2.24, 2.45) is 0 Å². The zero-order valence-electron chi connectivity index (χ0n) is 13.5. The molecule has 0 bridgehead atoms. The van der Waals surface area contributed by atoms with Gasteiger partial charge in [0.25, 0.3) is 0 Å². The van der Waals surface area contributed by atoms with Gasteiger partial charge >= 0.3 is 0 Å². The second-order valence-electron chi connectivity index (χ2n) is 6.09. The first-order chi connectivity index (χ1) is 11.2. The van der Waals surface area contributed by atoms with Crippen LogP contribution in [0.2, 0.25) is 0 Å². The number of rotatable bonds is 6. The highest BCUT2D eigenvalue weighted by atomic mass is 16.7. The smallest absolute Gasteiger partial charge is 0.231 e. The molecule has 6 heteroatoms. The number of carbonyl (C=O) groups is 1. The number of benzene rings is 1. The second-order valence-corrected chi connectivity index (χ2v) is 6.09. The van der Waals surface area contributed by atoms with E-state index in [1.165, 1.54) is 5.56 Å². The molecule has 1 amide bonds. The fourth-order valence-electron chi connectivity index (χ4n) is 3.15. The van der Waals surface area contributed by atoms with Crippen LogP contribution < -0.4 is 20.1 Å². The van der Waals surface area contributed by atoms with Crippen LogP contribution in [0.5, 0.6) is 11.5 Å². The maximum Gasteiger partial charge on any atom is 0.231 e. The van der Waals surface area contributed by atoms with E-state index < -0.39 is 0 Å². The third-order valence-electron chi connectivity index (χ3n) is 4.66. The summed E-state index contributed by atoms with van der Waals surface area (Å²) in [5.41, 5.74) is 1.08. The molecule has 0 unspecified atom stereocenters. The van der Waals surface area contributed by atoms with E-state index in [1.54, 1.807) is 0 Å². The summed E-state index contributed by atoms with van der Waals surface area (Å²) in [7, 11) is 1.85. The van der Waals surface area contributed by atoms with Crippen LogP contribution in [0, 0.1) is 0 Å². The van der Waals surface area contributed by atoms with Gasteiger partial charge in [-0.05, 0) is 37.6 Å². The summed E-state index contributed by atoms with van der Waals surface area (Å²) in [6.45, 7) is 3.00. The maximum atomic E-state index is 12.0. The van der Waals surface area contributed by atoms with E-state index in [0.29, 0.717) is 32.7 Å². The van der Waals surface area contributed by atoms with Crippen LogP contribution in [0.25, 0.3) is 0 Å². The molecular weight excluding hydrogens is 296 g/mol. The Labute approximate surface area is 136 Å². The number of fused-ring (bicyclic) bond motifs is 1. The molecule has 3 rings (SSSR count). The molecule has 0 saturated carbocycles. The first-order valence-corrected chi connectivity index (χ1v) is 8.13. The van der Waals surface area contributed by atoms with Crippen molar-refractivity contribution in [3.63, 3.8) is 0 Å². The van der Waals surface area contributed by atoms with Gasteiger partial charge in [-0.25, -0.2) is 0 Å². The SMILES string of the molecule is CNCCC(=O)NCC1(c2ccc3c(c2)OCO3)CCOCC1. The van der Waals surface area contributed by atoms with Crippen LogP contribution >= 0.6 is 0 Å². The summed E-state index contributed by atoms with van der Waals surface area (Å²) in [4.78, 5) is 12.0. The van der Waals surface area contributed by atoms with Crippen molar-refractivity contribution in [2.45, 2.75) is 24.7 Å². The summed E-state index contributed by atoms with van der Waals surface area (Å²) in [5.74, 6) is 1.65. The highest BCUT2D eigenvalue weighted by molar-refractivity contribution is 5.76. The predicted octanol–water partition coefficient (Wildman–Crippen LogP) is 1.19. The largest absolute Gasteiger partial charge is 0.454 e. The minimum absolute atomic E-state index is 0.0750. The molecule has 6 nitrogen and oxygen atoms in total. The van der Waals surface area contributed by atoms with Crippen molar-refractivity contribution in [2.75, 3.05) is 40.1 Å². The topological polar surface area (TPSA) is 68.8 Å². The monoisotopic (exact) mass is 320 g/mol. The number of ether oxygens (including phenoxy) is 3. The summed E-state index contributed by atoms with van der Waals surface area (Å²) in [6.07, 6.45) is 2.27. The van der Waals surface area contributed by atoms with Gasteiger partial charge in [-0.3, -0.25) is 4.79 Å². The van der Waals surface area contributed by atoms with E-state index in [2.05, 4.69) is 16.7 Å². The van der Waals surface area contributed by atoms with E-state index in [-0.39, 0.29) is 18.1 Å². The van der Waals surface area contributed by atoms with Gasteiger partial charge in [0, 0.05) is 38.1 Å². The Morgan fingerprint density at radius 1 is 1.22 bits per heavy atom. The molecule has 23 heavy (non-hydrogen) atoms. The molecular formula is C17H24N2O4. The quantitative estimate of drug-likeness (QED) is 0.824. The normalized spacial score (nSPS) is 18.7. The summed E-state index contributed by atoms with van der Waals surface area (Å²) < 4.78 is 16.4. The summed E-state index contributed by atoms with van der Waals surface area (Å²) in [6, 6.07) is 6.09. The highest BCUT2D eigenvalue weighted by Gasteiger charge is 2.36. The molecule has 2 heterocycles. The predicted molar refractivity (Wildman–Crippen MR) is 85.8 cm³/mol. The molecule has 126 valence electrons. The molecule has 0 atom stereocenters. The van der Waals surface area contributed by atoms with E-state index in [9.17, 15) is 4.79 Å². The third kappa shape index (κ3) is 3.59. The van der Waals surface area contributed by atoms with Gasteiger partial charge in [-0.15, -0.1) is 0 Å². The lowest BCUT2D eigenvalue weighted by molar-refractivity contribution is -0.121. The van der Waals surface area contributed by atoms with Crippen molar-refractivity contribution < 1.29 is 19.0 Å². The molecule has 1 fully saturated rings. The van der Waals surface area contributed by atoms with E-state index in [4.69, 9.17) is 14.2 Å². The first-order valence-electron chi connectivity index (χ1n) is 8.13. The minimum atomic E-state index is -0.103. The molecule has 1 aromatic carbocycles. The van der Waals surface area contributed by atoms with Gasteiger partial charge in [0.1, 0.15) is 0 Å². The molecule has 2 aliphatic heterocycles. The second kappa shape index (κ2) is 7.19.